The number of ether oxygens (including phenoxy) is 3. The van der Waals surface area contributed by atoms with Crippen LogP contribution < -0.4 is 4.74 Å². The van der Waals surface area contributed by atoms with Gasteiger partial charge in [0.15, 0.2) is 6.29 Å². The maximum atomic E-state index is 5.71. The predicted molar refractivity (Wildman–Crippen MR) is 61.4 cm³/mol. The zero-order chi connectivity index (χ0) is 11.4. The summed E-state index contributed by atoms with van der Waals surface area (Å²) in [6, 6.07) is 7.71. The Morgan fingerprint density at radius 3 is 2.75 bits per heavy atom. The molecule has 0 spiro atoms. The lowest BCUT2D eigenvalue weighted by Crippen LogP contribution is -2.25. The maximum absolute atomic E-state index is 5.71. The number of hydrogen-bond acceptors (Lipinski definition) is 3. The fourth-order valence-corrected chi connectivity index (χ4v) is 1.67. The molecule has 1 unspecified atom stereocenters. The molecule has 0 aromatic heterocycles. The highest BCUT2D eigenvalue weighted by molar-refractivity contribution is 5.28. The summed E-state index contributed by atoms with van der Waals surface area (Å²) in [5.41, 5.74) is 1.01. The van der Waals surface area contributed by atoms with E-state index in [4.69, 9.17) is 14.2 Å². The van der Waals surface area contributed by atoms with Gasteiger partial charge in [0.25, 0.3) is 0 Å². The van der Waals surface area contributed by atoms with Crippen molar-refractivity contribution in [3.63, 3.8) is 0 Å². The summed E-state index contributed by atoms with van der Waals surface area (Å²) in [5, 5.41) is 0. The molecule has 1 aliphatic rings. The third-order valence-electron chi connectivity index (χ3n) is 2.62. The maximum Gasteiger partial charge on any atom is 0.184 e. The fraction of sp³-hybridized carbons (Fsp3) is 0.385. The molecule has 0 amide bonds. The topological polar surface area (TPSA) is 27.7 Å². The van der Waals surface area contributed by atoms with Gasteiger partial charge in [-0.05, 0) is 12.1 Å². The van der Waals surface area contributed by atoms with Crippen LogP contribution in [0.25, 0.3) is 0 Å². The molecular formula is C13H16O3. The quantitative estimate of drug-likeness (QED) is 0.733. The van der Waals surface area contributed by atoms with Crippen LogP contribution in [-0.2, 0) is 9.47 Å². The first-order valence-corrected chi connectivity index (χ1v) is 5.37. The van der Waals surface area contributed by atoms with Gasteiger partial charge in [-0.25, -0.2) is 0 Å². The third kappa shape index (κ3) is 2.43. The number of benzene rings is 1. The molecule has 1 aromatic carbocycles. The van der Waals surface area contributed by atoms with Crippen LogP contribution in [0.3, 0.4) is 0 Å². The Kier molecular flexibility index (Phi) is 3.59. The van der Waals surface area contributed by atoms with Crippen LogP contribution >= 0.6 is 0 Å². The minimum atomic E-state index is -0.289. The number of rotatable bonds is 3. The largest absolute Gasteiger partial charge is 0.497 e. The molecule has 0 saturated carbocycles. The van der Waals surface area contributed by atoms with E-state index in [2.05, 4.69) is 6.58 Å². The minimum absolute atomic E-state index is 0.0841. The van der Waals surface area contributed by atoms with Crippen molar-refractivity contribution in [2.75, 3.05) is 13.7 Å². The second-order valence-electron chi connectivity index (χ2n) is 3.67. The molecule has 86 valence electrons. The van der Waals surface area contributed by atoms with E-state index in [1.54, 1.807) is 7.11 Å². The van der Waals surface area contributed by atoms with Crippen molar-refractivity contribution >= 4 is 0 Å². The monoisotopic (exact) mass is 220 g/mol. The summed E-state index contributed by atoms with van der Waals surface area (Å²) in [6.45, 7) is 4.44. The molecule has 0 bridgehead atoms. The highest BCUT2D eigenvalue weighted by Crippen LogP contribution is 2.27. The fourth-order valence-electron chi connectivity index (χ4n) is 1.67. The molecule has 1 fully saturated rings. The van der Waals surface area contributed by atoms with Crippen molar-refractivity contribution in [3.8, 4) is 5.75 Å². The van der Waals surface area contributed by atoms with Crippen molar-refractivity contribution in [1.29, 1.82) is 0 Å². The lowest BCUT2D eigenvalue weighted by atomic mass is 10.1. The van der Waals surface area contributed by atoms with Crippen molar-refractivity contribution in [2.45, 2.75) is 18.8 Å². The normalized spacial score (nSPS) is 25.1. The lowest BCUT2D eigenvalue weighted by molar-refractivity contribution is -0.204. The first-order valence-electron chi connectivity index (χ1n) is 5.37. The standard InChI is InChI=1S/C13H16O3/c1-3-11-8-9-15-13(16-11)10-4-6-12(14-2)7-5-10/h3-7,11,13H,1,8-9H2,2H3/t11-,13?/m1/s1. The van der Waals surface area contributed by atoms with Crippen molar-refractivity contribution in [1.82, 2.24) is 0 Å². The SMILES string of the molecule is C=C[C@@H]1CCOC(c2ccc(OC)cc2)O1. The van der Waals surface area contributed by atoms with Gasteiger partial charge < -0.3 is 14.2 Å². The molecule has 1 saturated heterocycles. The van der Waals surface area contributed by atoms with Crippen molar-refractivity contribution in [3.05, 3.63) is 42.5 Å². The van der Waals surface area contributed by atoms with Crippen LogP contribution in [0, 0.1) is 0 Å². The van der Waals surface area contributed by atoms with Crippen molar-refractivity contribution < 1.29 is 14.2 Å². The van der Waals surface area contributed by atoms with E-state index in [1.807, 2.05) is 30.3 Å². The molecule has 0 aliphatic carbocycles. The lowest BCUT2D eigenvalue weighted by Gasteiger charge is -2.28. The molecule has 2 rings (SSSR count). The smallest absolute Gasteiger partial charge is 0.184 e. The summed E-state index contributed by atoms with van der Waals surface area (Å²) in [4.78, 5) is 0. The average Bonchev–Trinajstić information content (AvgIpc) is 2.39. The molecule has 0 radical (unpaired) electrons. The van der Waals surface area contributed by atoms with Crippen LogP contribution in [0.15, 0.2) is 36.9 Å². The second kappa shape index (κ2) is 5.14. The van der Waals surface area contributed by atoms with E-state index >= 15 is 0 Å². The Bertz CT molecular complexity index is 345. The summed E-state index contributed by atoms with van der Waals surface area (Å²) in [7, 11) is 1.65. The molecule has 2 atom stereocenters. The molecule has 16 heavy (non-hydrogen) atoms. The summed E-state index contributed by atoms with van der Waals surface area (Å²) < 4.78 is 16.4. The predicted octanol–water partition coefficient (Wildman–Crippen LogP) is 2.69. The Balaban J connectivity index is 2.07. The number of hydrogen-bond donors (Lipinski definition) is 0. The van der Waals surface area contributed by atoms with Crippen LogP contribution in [0.1, 0.15) is 18.3 Å². The van der Waals surface area contributed by atoms with Gasteiger partial charge in [0.1, 0.15) is 5.75 Å². The second-order valence-corrected chi connectivity index (χ2v) is 3.67. The van der Waals surface area contributed by atoms with Gasteiger partial charge in [0.2, 0.25) is 0 Å². The molecule has 3 nitrogen and oxygen atoms in total. The Hall–Kier alpha value is -1.32. The van der Waals surface area contributed by atoms with Gasteiger partial charge >= 0.3 is 0 Å². The van der Waals surface area contributed by atoms with Crippen LogP contribution in [0.5, 0.6) is 5.75 Å². The highest BCUT2D eigenvalue weighted by Gasteiger charge is 2.22. The first kappa shape index (κ1) is 11.2. The van der Waals surface area contributed by atoms with E-state index in [9.17, 15) is 0 Å². The Morgan fingerprint density at radius 1 is 1.38 bits per heavy atom. The first-order chi connectivity index (χ1) is 7.83. The van der Waals surface area contributed by atoms with Crippen LogP contribution in [-0.4, -0.2) is 19.8 Å². The van der Waals surface area contributed by atoms with Gasteiger partial charge in [0, 0.05) is 12.0 Å². The van der Waals surface area contributed by atoms with E-state index < -0.39 is 0 Å². The molecule has 0 N–H and O–H groups in total. The molecule has 1 aromatic rings. The summed E-state index contributed by atoms with van der Waals surface area (Å²) in [5.74, 6) is 0.833. The van der Waals surface area contributed by atoms with E-state index in [0.717, 1.165) is 17.7 Å². The average molecular weight is 220 g/mol. The molecule has 1 heterocycles. The third-order valence-corrected chi connectivity index (χ3v) is 2.62. The summed E-state index contributed by atoms with van der Waals surface area (Å²) >= 11 is 0. The van der Waals surface area contributed by atoms with Gasteiger partial charge in [-0.1, -0.05) is 18.2 Å². The van der Waals surface area contributed by atoms with Crippen LogP contribution in [0.4, 0.5) is 0 Å². The van der Waals surface area contributed by atoms with Gasteiger partial charge in [-0.15, -0.1) is 6.58 Å². The van der Waals surface area contributed by atoms with Gasteiger partial charge in [0.05, 0.1) is 19.8 Å². The van der Waals surface area contributed by atoms with Gasteiger partial charge in [-0.2, -0.15) is 0 Å². The van der Waals surface area contributed by atoms with Crippen LogP contribution in [0.2, 0.25) is 0 Å². The zero-order valence-corrected chi connectivity index (χ0v) is 9.39. The summed E-state index contributed by atoms with van der Waals surface area (Å²) in [6.07, 6.45) is 2.48. The molecule has 3 heteroatoms. The molecular weight excluding hydrogens is 204 g/mol. The van der Waals surface area contributed by atoms with Crippen molar-refractivity contribution in [2.24, 2.45) is 0 Å². The Morgan fingerprint density at radius 2 is 2.12 bits per heavy atom. The highest BCUT2D eigenvalue weighted by atomic mass is 16.7. The van der Waals surface area contributed by atoms with E-state index in [0.29, 0.717) is 6.61 Å². The minimum Gasteiger partial charge on any atom is -0.497 e. The molecule has 1 aliphatic heterocycles. The van der Waals surface area contributed by atoms with E-state index in [-0.39, 0.29) is 12.4 Å². The van der Waals surface area contributed by atoms with Gasteiger partial charge in [-0.3, -0.25) is 0 Å². The number of methoxy groups -OCH3 is 1. The Labute approximate surface area is 95.6 Å². The van der Waals surface area contributed by atoms with E-state index in [1.165, 1.54) is 0 Å². The zero-order valence-electron chi connectivity index (χ0n) is 9.39.